The molecule has 1 heterocycles. The topological polar surface area (TPSA) is 94.5 Å². The Kier molecular flexibility index (Phi) is 8.43. The van der Waals surface area contributed by atoms with Gasteiger partial charge in [0.05, 0.1) is 44.0 Å². The number of nitrogens with zero attached hydrogens (tertiary/aromatic N) is 1. The van der Waals surface area contributed by atoms with Crippen molar-refractivity contribution in [3.05, 3.63) is 88.5 Å². The lowest BCUT2D eigenvalue weighted by atomic mass is 9.95. The zero-order valence-electron chi connectivity index (χ0n) is 21.3. The van der Waals surface area contributed by atoms with Crippen molar-refractivity contribution in [1.82, 2.24) is 4.90 Å². The van der Waals surface area contributed by atoms with E-state index >= 15 is 0 Å². The second kappa shape index (κ2) is 11.9. The van der Waals surface area contributed by atoms with E-state index in [1.165, 1.54) is 12.0 Å². The van der Waals surface area contributed by atoms with E-state index in [9.17, 15) is 14.7 Å². The van der Waals surface area contributed by atoms with Gasteiger partial charge in [-0.2, -0.15) is 0 Å². The molecule has 3 aromatic rings. The molecule has 0 aliphatic carbocycles. The predicted octanol–water partition coefficient (Wildman–Crippen LogP) is 5.26. The highest BCUT2D eigenvalue weighted by Gasteiger charge is 2.46. The number of amides is 1. The first-order chi connectivity index (χ1) is 18.4. The summed E-state index contributed by atoms with van der Waals surface area (Å²) in [5, 5.41) is 11.6. The molecule has 38 heavy (non-hydrogen) atoms. The molecule has 0 aromatic heterocycles. The van der Waals surface area contributed by atoms with Crippen molar-refractivity contribution in [3.63, 3.8) is 0 Å². The molecule has 1 saturated heterocycles. The number of benzene rings is 3. The summed E-state index contributed by atoms with van der Waals surface area (Å²) in [7, 11) is 3.10. The van der Waals surface area contributed by atoms with Gasteiger partial charge in [0.25, 0.3) is 11.7 Å². The SMILES string of the molecule is CCOc1ccc(Cl)c(/C(O)=C2\C(=O)C(=O)N(CCOc3ccc(OC)cc3)C2c2cccc(OC)c2)c1. The molecule has 0 radical (unpaired) electrons. The zero-order chi connectivity index (χ0) is 27.2. The van der Waals surface area contributed by atoms with Crippen molar-refractivity contribution >= 4 is 29.1 Å². The fourth-order valence-corrected chi connectivity index (χ4v) is 4.50. The van der Waals surface area contributed by atoms with Crippen molar-refractivity contribution in [2.45, 2.75) is 13.0 Å². The van der Waals surface area contributed by atoms with Crippen molar-refractivity contribution in [2.24, 2.45) is 0 Å². The predicted molar refractivity (Wildman–Crippen MR) is 143 cm³/mol. The van der Waals surface area contributed by atoms with Crippen LogP contribution in [0.25, 0.3) is 5.76 Å². The summed E-state index contributed by atoms with van der Waals surface area (Å²) in [4.78, 5) is 27.9. The van der Waals surface area contributed by atoms with Gasteiger partial charge < -0.3 is 29.0 Å². The summed E-state index contributed by atoms with van der Waals surface area (Å²) in [5.74, 6) is 0.319. The standard InChI is InChI=1S/C29H28ClNO7/c1-4-37-22-12-13-24(30)23(17-22)27(32)25-26(18-6-5-7-21(16-18)36-3)31(29(34)28(25)33)14-15-38-20-10-8-19(35-2)9-11-20/h5-13,16-17,26,32H,4,14-15H2,1-3H3/b27-25+. The Balaban J connectivity index is 1.73. The van der Waals surface area contributed by atoms with Crippen molar-refractivity contribution in [3.8, 4) is 23.0 Å². The first-order valence-electron chi connectivity index (χ1n) is 12.0. The average Bonchev–Trinajstić information content (AvgIpc) is 3.19. The molecule has 0 spiro atoms. The third kappa shape index (κ3) is 5.55. The van der Waals surface area contributed by atoms with Gasteiger partial charge in [-0.3, -0.25) is 9.59 Å². The number of likely N-dealkylation sites (tertiary alicyclic amines) is 1. The summed E-state index contributed by atoms with van der Waals surface area (Å²) in [6, 6.07) is 17.9. The molecule has 1 fully saturated rings. The van der Waals surface area contributed by atoms with Crippen LogP contribution < -0.4 is 18.9 Å². The third-order valence-corrected chi connectivity index (χ3v) is 6.44. The minimum Gasteiger partial charge on any atom is -0.507 e. The molecular formula is C29H28ClNO7. The highest BCUT2D eigenvalue weighted by atomic mass is 35.5. The summed E-state index contributed by atoms with van der Waals surface area (Å²) in [5.41, 5.74) is 0.702. The molecule has 9 heteroatoms. The van der Waals surface area contributed by atoms with E-state index in [2.05, 4.69) is 0 Å². The molecule has 1 aliphatic rings. The first-order valence-corrected chi connectivity index (χ1v) is 12.4. The molecular weight excluding hydrogens is 510 g/mol. The van der Waals surface area contributed by atoms with Crippen LogP contribution in [0.3, 0.4) is 0 Å². The third-order valence-electron chi connectivity index (χ3n) is 6.11. The van der Waals surface area contributed by atoms with Crippen LogP contribution in [0.1, 0.15) is 24.1 Å². The molecule has 1 atom stereocenters. The Morgan fingerprint density at radius 3 is 2.26 bits per heavy atom. The van der Waals surface area contributed by atoms with Crippen LogP contribution in [-0.2, 0) is 9.59 Å². The lowest BCUT2D eigenvalue weighted by molar-refractivity contribution is -0.140. The fraction of sp³-hybridized carbons (Fsp3) is 0.241. The molecule has 1 unspecified atom stereocenters. The quantitative estimate of drug-likeness (QED) is 0.214. The van der Waals surface area contributed by atoms with Gasteiger partial charge in [-0.1, -0.05) is 23.7 Å². The molecule has 1 N–H and O–H groups in total. The zero-order valence-corrected chi connectivity index (χ0v) is 22.0. The number of carbonyl (C=O) groups excluding carboxylic acids is 2. The molecule has 1 aliphatic heterocycles. The fourth-order valence-electron chi connectivity index (χ4n) is 4.29. The van der Waals surface area contributed by atoms with E-state index in [4.69, 9.17) is 30.5 Å². The number of ketones is 1. The number of hydrogen-bond acceptors (Lipinski definition) is 7. The highest BCUT2D eigenvalue weighted by molar-refractivity contribution is 6.47. The van der Waals surface area contributed by atoms with E-state index in [-0.39, 0.29) is 35.1 Å². The number of aliphatic hydroxyl groups excluding tert-OH is 1. The average molecular weight is 538 g/mol. The Morgan fingerprint density at radius 2 is 1.58 bits per heavy atom. The lowest BCUT2D eigenvalue weighted by Gasteiger charge is -2.25. The summed E-state index contributed by atoms with van der Waals surface area (Å²) >= 11 is 6.40. The van der Waals surface area contributed by atoms with Crippen LogP contribution in [-0.4, -0.2) is 55.7 Å². The Morgan fingerprint density at radius 1 is 0.895 bits per heavy atom. The molecule has 4 rings (SSSR count). The first kappa shape index (κ1) is 26.9. The van der Waals surface area contributed by atoms with E-state index in [1.807, 2.05) is 6.92 Å². The molecule has 0 saturated carbocycles. The van der Waals surface area contributed by atoms with Gasteiger partial charge >= 0.3 is 0 Å². The van der Waals surface area contributed by atoms with Gasteiger partial charge in [0.1, 0.15) is 35.4 Å². The maximum Gasteiger partial charge on any atom is 0.295 e. The van der Waals surface area contributed by atoms with Crippen molar-refractivity contribution < 1.29 is 33.6 Å². The highest BCUT2D eigenvalue weighted by Crippen LogP contribution is 2.41. The van der Waals surface area contributed by atoms with Gasteiger partial charge in [-0.25, -0.2) is 0 Å². The van der Waals surface area contributed by atoms with Crippen LogP contribution in [0.15, 0.2) is 72.3 Å². The van der Waals surface area contributed by atoms with Crippen molar-refractivity contribution in [1.29, 1.82) is 0 Å². The number of methoxy groups -OCH3 is 2. The lowest BCUT2D eigenvalue weighted by Crippen LogP contribution is -2.33. The summed E-state index contributed by atoms with van der Waals surface area (Å²) < 4.78 is 21.9. The van der Waals surface area contributed by atoms with Gasteiger partial charge in [0.2, 0.25) is 0 Å². The number of Topliss-reactive ketones (excluding diaryl/α,β-unsaturated/α-hetero) is 1. The minimum atomic E-state index is -0.892. The summed E-state index contributed by atoms with van der Waals surface area (Å²) in [6.07, 6.45) is 0. The Labute approximate surface area is 225 Å². The number of ether oxygens (including phenoxy) is 4. The van der Waals surface area contributed by atoms with Gasteiger partial charge in [-0.05, 0) is 67.1 Å². The molecule has 198 valence electrons. The number of aliphatic hydroxyl groups is 1. The van der Waals surface area contributed by atoms with Crippen LogP contribution in [0, 0.1) is 0 Å². The maximum absolute atomic E-state index is 13.3. The Hall–Kier alpha value is -4.17. The number of rotatable bonds is 10. The number of halogens is 1. The number of carbonyl (C=O) groups is 2. The van der Waals surface area contributed by atoms with E-state index < -0.39 is 17.7 Å². The molecule has 0 bridgehead atoms. The van der Waals surface area contributed by atoms with Crippen LogP contribution in [0.2, 0.25) is 5.02 Å². The van der Waals surface area contributed by atoms with Crippen LogP contribution in [0.4, 0.5) is 0 Å². The monoisotopic (exact) mass is 537 g/mol. The Bertz CT molecular complexity index is 1350. The van der Waals surface area contributed by atoms with E-state index in [1.54, 1.807) is 73.8 Å². The largest absolute Gasteiger partial charge is 0.507 e. The second-order valence-corrected chi connectivity index (χ2v) is 8.77. The normalized spacial score (nSPS) is 16.4. The molecule has 1 amide bonds. The minimum absolute atomic E-state index is 0.0803. The molecule has 3 aromatic carbocycles. The van der Waals surface area contributed by atoms with Crippen LogP contribution >= 0.6 is 11.6 Å². The van der Waals surface area contributed by atoms with E-state index in [0.717, 1.165) is 0 Å². The van der Waals surface area contributed by atoms with Crippen molar-refractivity contribution in [2.75, 3.05) is 34.0 Å². The van der Waals surface area contributed by atoms with E-state index in [0.29, 0.717) is 35.2 Å². The van der Waals surface area contributed by atoms with Gasteiger partial charge in [0, 0.05) is 5.56 Å². The maximum atomic E-state index is 13.3. The smallest absolute Gasteiger partial charge is 0.295 e. The van der Waals surface area contributed by atoms with Gasteiger partial charge in [0.15, 0.2) is 0 Å². The van der Waals surface area contributed by atoms with Crippen LogP contribution in [0.5, 0.6) is 23.0 Å². The number of hydrogen-bond donors (Lipinski definition) is 1. The second-order valence-electron chi connectivity index (χ2n) is 8.37. The van der Waals surface area contributed by atoms with Gasteiger partial charge in [-0.15, -0.1) is 0 Å². The molecule has 8 nitrogen and oxygen atoms in total. The summed E-state index contributed by atoms with van der Waals surface area (Å²) in [6.45, 7) is 2.43.